The van der Waals surface area contributed by atoms with E-state index in [4.69, 9.17) is 0 Å². The first-order valence-electron chi connectivity index (χ1n) is 8.14. The Morgan fingerprint density at radius 3 is 1.96 bits per heavy atom. The van der Waals surface area contributed by atoms with Crippen LogP contribution in [0.15, 0.2) is 84.9 Å². The van der Waals surface area contributed by atoms with Crippen LogP contribution in [0.25, 0.3) is 0 Å². The molecule has 2 nitrogen and oxygen atoms in total. The predicted octanol–water partition coefficient (Wildman–Crippen LogP) is 5.00. The molecule has 0 amide bonds. The third-order valence-corrected chi connectivity index (χ3v) is 4.20. The topological polar surface area (TPSA) is 35.8 Å². The summed E-state index contributed by atoms with van der Waals surface area (Å²) in [6.45, 7) is 2.17. The number of hydrogen-bond donors (Lipinski definition) is 1. The van der Waals surface area contributed by atoms with E-state index >= 15 is 0 Å². The second-order valence-corrected chi connectivity index (χ2v) is 5.88. The number of nitrogens with one attached hydrogen (secondary N) is 1. The van der Waals surface area contributed by atoms with Crippen LogP contribution in [0.5, 0.6) is 0 Å². The smallest absolute Gasteiger partial charge is 0.0991 e. The summed E-state index contributed by atoms with van der Waals surface area (Å²) >= 11 is 0. The van der Waals surface area contributed by atoms with Crippen LogP contribution < -0.4 is 5.32 Å². The number of hydrogen-bond acceptors (Lipinski definition) is 2. The summed E-state index contributed by atoms with van der Waals surface area (Å²) in [6.07, 6.45) is 0. The molecule has 3 aromatic rings. The molecule has 0 bridgehead atoms. The van der Waals surface area contributed by atoms with Crippen molar-refractivity contribution in [2.75, 3.05) is 0 Å². The first kappa shape index (κ1) is 16.0. The van der Waals surface area contributed by atoms with E-state index in [0.29, 0.717) is 5.56 Å². The average Bonchev–Trinajstić information content (AvgIpc) is 2.67. The van der Waals surface area contributed by atoms with Gasteiger partial charge < -0.3 is 0 Å². The fraction of sp³-hybridized carbons (Fsp3) is 0.136. The van der Waals surface area contributed by atoms with Gasteiger partial charge in [-0.05, 0) is 35.7 Å². The molecule has 0 spiro atoms. The summed E-state index contributed by atoms with van der Waals surface area (Å²) in [7, 11) is 0. The van der Waals surface area contributed by atoms with Crippen molar-refractivity contribution in [3.05, 3.63) is 107 Å². The van der Waals surface area contributed by atoms with E-state index in [-0.39, 0.29) is 12.1 Å². The summed E-state index contributed by atoms with van der Waals surface area (Å²) in [5.74, 6) is 0. The maximum Gasteiger partial charge on any atom is 0.0991 e. The molecule has 1 N–H and O–H groups in total. The Kier molecular flexibility index (Phi) is 5.05. The molecule has 2 atom stereocenters. The van der Waals surface area contributed by atoms with Crippen molar-refractivity contribution >= 4 is 0 Å². The van der Waals surface area contributed by atoms with Crippen LogP contribution >= 0.6 is 0 Å². The van der Waals surface area contributed by atoms with Crippen molar-refractivity contribution in [1.29, 1.82) is 5.26 Å². The van der Waals surface area contributed by atoms with Gasteiger partial charge in [-0.1, -0.05) is 72.8 Å². The lowest BCUT2D eigenvalue weighted by Crippen LogP contribution is -2.25. The maximum absolute atomic E-state index is 9.20. The van der Waals surface area contributed by atoms with Gasteiger partial charge in [-0.3, -0.25) is 5.32 Å². The zero-order valence-corrected chi connectivity index (χ0v) is 13.7. The molecule has 24 heavy (non-hydrogen) atoms. The standard InChI is InChI=1S/C22H20N2/c1-17(19-10-4-2-5-11-19)24-22(20-12-6-3-7-13-20)21-14-8-9-18(15-21)16-23/h2-15,17,22,24H,1H3/t17-,22?/m1/s1. The molecule has 3 aromatic carbocycles. The van der Waals surface area contributed by atoms with E-state index in [1.165, 1.54) is 11.1 Å². The van der Waals surface area contributed by atoms with Crippen molar-refractivity contribution in [2.24, 2.45) is 0 Å². The minimum Gasteiger partial charge on any atom is -0.300 e. The van der Waals surface area contributed by atoms with Gasteiger partial charge in [-0.2, -0.15) is 5.26 Å². The third-order valence-electron chi connectivity index (χ3n) is 4.20. The quantitative estimate of drug-likeness (QED) is 0.719. The Bertz CT molecular complexity index is 819. The van der Waals surface area contributed by atoms with Crippen molar-refractivity contribution < 1.29 is 0 Å². The highest BCUT2D eigenvalue weighted by Gasteiger charge is 2.17. The van der Waals surface area contributed by atoms with E-state index in [9.17, 15) is 5.26 Å². The Balaban J connectivity index is 1.95. The summed E-state index contributed by atoms with van der Waals surface area (Å²) < 4.78 is 0. The lowest BCUT2D eigenvalue weighted by atomic mass is 9.95. The normalized spacial score (nSPS) is 13.0. The molecule has 0 fully saturated rings. The van der Waals surface area contributed by atoms with Crippen LogP contribution in [0.2, 0.25) is 0 Å². The van der Waals surface area contributed by atoms with Crippen molar-refractivity contribution in [2.45, 2.75) is 19.0 Å². The SMILES string of the molecule is C[C@@H](NC(c1ccccc1)c1cccc(C#N)c1)c1ccccc1. The number of benzene rings is 3. The van der Waals surface area contributed by atoms with Crippen molar-refractivity contribution in [3.8, 4) is 6.07 Å². The molecule has 0 saturated heterocycles. The van der Waals surface area contributed by atoms with Gasteiger partial charge in [0.15, 0.2) is 0 Å². The molecule has 0 aliphatic carbocycles. The van der Waals surface area contributed by atoms with Crippen LogP contribution in [0.1, 0.15) is 41.3 Å². The molecule has 2 heteroatoms. The summed E-state index contributed by atoms with van der Waals surface area (Å²) in [4.78, 5) is 0. The Labute approximate surface area is 143 Å². The van der Waals surface area contributed by atoms with E-state index < -0.39 is 0 Å². The predicted molar refractivity (Wildman–Crippen MR) is 97.4 cm³/mol. The van der Waals surface area contributed by atoms with Crippen LogP contribution in [0.3, 0.4) is 0 Å². The first-order valence-corrected chi connectivity index (χ1v) is 8.14. The largest absolute Gasteiger partial charge is 0.300 e. The lowest BCUT2D eigenvalue weighted by molar-refractivity contribution is 0.516. The fourth-order valence-corrected chi connectivity index (χ4v) is 2.91. The highest BCUT2D eigenvalue weighted by atomic mass is 14.9. The van der Waals surface area contributed by atoms with Gasteiger partial charge in [0.25, 0.3) is 0 Å². The molecule has 0 aliphatic rings. The zero-order chi connectivity index (χ0) is 16.8. The van der Waals surface area contributed by atoms with Crippen molar-refractivity contribution in [1.82, 2.24) is 5.32 Å². The highest BCUT2D eigenvalue weighted by Crippen LogP contribution is 2.26. The second kappa shape index (κ2) is 7.59. The van der Waals surface area contributed by atoms with Crippen LogP contribution in [-0.2, 0) is 0 Å². The highest BCUT2D eigenvalue weighted by molar-refractivity contribution is 5.39. The summed E-state index contributed by atoms with van der Waals surface area (Å²) in [5, 5.41) is 12.9. The monoisotopic (exact) mass is 312 g/mol. The van der Waals surface area contributed by atoms with E-state index in [1.54, 1.807) is 0 Å². The maximum atomic E-state index is 9.20. The van der Waals surface area contributed by atoms with Gasteiger partial charge in [0.2, 0.25) is 0 Å². The molecule has 118 valence electrons. The van der Waals surface area contributed by atoms with Gasteiger partial charge in [0.1, 0.15) is 0 Å². The molecule has 0 aromatic heterocycles. The molecule has 0 heterocycles. The average molecular weight is 312 g/mol. The minimum absolute atomic E-state index is 0.0368. The Morgan fingerprint density at radius 1 is 0.750 bits per heavy atom. The van der Waals surface area contributed by atoms with Gasteiger partial charge in [0.05, 0.1) is 17.7 Å². The van der Waals surface area contributed by atoms with Gasteiger partial charge in [0, 0.05) is 6.04 Å². The molecular weight excluding hydrogens is 292 g/mol. The summed E-state index contributed by atoms with van der Waals surface area (Å²) in [5.41, 5.74) is 4.22. The van der Waals surface area contributed by atoms with Crippen LogP contribution in [-0.4, -0.2) is 0 Å². The third kappa shape index (κ3) is 3.71. The first-order chi connectivity index (χ1) is 11.8. The number of nitrogens with zero attached hydrogens (tertiary/aromatic N) is 1. The second-order valence-electron chi connectivity index (χ2n) is 5.88. The minimum atomic E-state index is 0.0368. The number of nitriles is 1. The summed E-state index contributed by atoms with van der Waals surface area (Å²) in [6, 6.07) is 31.0. The van der Waals surface area contributed by atoms with Crippen LogP contribution in [0.4, 0.5) is 0 Å². The molecule has 0 saturated carbocycles. The molecule has 0 aliphatic heterocycles. The van der Waals surface area contributed by atoms with E-state index in [1.807, 2.05) is 42.5 Å². The van der Waals surface area contributed by atoms with Crippen molar-refractivity contribution in [3.63, 3.8) is 0 Å². The lowest BCUT2D eigenvalue weighted by Gasteiger charge is -2.25. The molecule has 0 radical (unpaired) electrons. The Morgan fingerprint density at radius 2 is 1.33 bits per heavy atom. The Hall–Kier alpha value is -2.89. The van der Waals surface area contributed by atoms with Crippen LogP contribution in [0, 0.1) is 11.3 Å². The molecular formula is C22H20N2. The van der Waals surface area contributed by atoms with Gasteiger partial charge >= 0.3 is 0 Å². The van der Waals surface area contributed by atoms with Gasteiger partial charge in [-0.25, -0.2) is 0 Å². The zero-order valence-electron chi connectivity index (χ0n) is 13.7. The molecule has 1 unspecified atom stereocenters. The van der Waals surface area contributed by atoms with Gasteiger partial charge in [-0.15, -0.1) is 0 Å². The van der Waals surface area contributed by atoms with E-state index in [2.05, 4.69) is 60.8 Å². The fourth-order valence-electron chi connectivity index (χ4n) is 2.91. The van der Waals surface area contributed by atoms with E-state index in [0.717, 1.165) is 5.56 Å². The number of rotatable bonds is 5. The molecule has 3 rings (SSSR count).